The lowest BCUT2D eigenvalue weighted by Gasteiger charge is -2.62. The Morgan fingerprint density at radius 2 is 1.13 bits per heavy atom. The highest BCUT2D eigenvalue weighted by atomic mass is 16.7. The fourth-order valence-corrected chi connectivity index (χ4v) is 4.13. The van der Waals surface area contributed by atoms with Crippen molar-refractivity contribution in [2.24, 2.45) is 10.8 Å². The van der Waals surface area contributed by atoms with Crippen molar-refractivity contribution in [3.63, 3.8) is 0 Å². The van der Waals surface area contributed by atoms with Crippen LogP contribution in [0.4, 0.5) is 0 Å². The van der Waals surface area contributed by atoms with Crippen molar-refractivity contribution in [1.82, 2.24) is 21.6 Å². The van der Waals surface area contributed by atoms with Crippen LogP contribution in [0.15, 0.2) is 0 Å². The van der Waals surface area contributed by atoms with Crippen molar-refractivity contribution in [1.29, 1.82) is 0 Å². The highest BCUT2D eigenvalue weighted by Gasteiger charge is 2.70. The van der Waals surface area contributed by atoms with Crippen molar-refractivity contribution in [3.8, 4) is 0 Å². The molecule has 8 N–H and O–H groups in total. The van der Waals surface area contributed by atoms with Crippen LogP contribution >= 0.6 is 0 Å². The minimum absolute atomic E-state index is 0.289. The van der Waals surface area contributed by atoms with Crippen molar-refractivity contribution in [3.05, 3.63) is 0 Å². The van der Waals surface area contributed by atoms with Gasteiger partial charge in [-0.3, -0.25) is 10.6 Å². The van der Waals surface area contributed by atoms with Crippen molar-refractivity contribution < 1.29 is 39.7 Å². The number of carbonyl (C=O) groups excluding carboxylic acids is 2. The maximum Gasteiger partial charge on any atom is 0.373 e. The Balaban J connectivity index is 2.08. The van der Waals surface area contributed by atoms with Gasteiger partial charge in [-0.15, -0.1) is 11.0 Å². The Morgan fingerprint density at radius 1 is 0.800 bits per heavy atom. The van der Waals surface area contributed by atoms with Crippen molar-refractivity contribution >= 4 is 11.9 Å². The van der Waals surface area contributed by atoms with Gasteiger partial charge in [0.1, 0.15) is 11.3 Å². The van der Waals surface area contributed by atoms with Gasteiger partial charge in [-0.25, -0.2) is 9.59 Å². The van der Waals surface area contributed by atoms with E-state index in [2.05, 4.69) is 21.6 Å². The molecule has 3 fully saturated rings. The minimum Gasteiger partial charge on any atom is -0.396 e. The molecule has 2 spiro atoms. The second kappa shape index (κ2) is 7.07. The largest absolute Gasteiger partial charge is 0.396 e. The van der Waals surface area contributed by atoms with Crippen LogP contribution in [0.1, 0.15) is 53.4 Å². The summed E-state index contributed by atoms with van der Waals surface area (Å²) in [5, 5.41) is 47.8. The monoisotopic (exact) mass is 432 g/mol. The summed E-state index contributed by atoms with van der Waals surface area (Å²) in [5.41, 5.74) is -4.92. The van der Waals surface area contributed by atoms with Gasteiger partial charge in [-0.1, -0.05) is 27.7 Å². The van der Waals surface area contributed by atoms with Gasteiger partial charge in [0.2, 0.25) is 11.4 Å². The second-order valence-electron chi connectivity index (χ2n) is 9.76. The van der Waals surface area contributed by atoms with Gasteiger partial charge < -0.3 is 30.1 Å². The zero-order valence-electron chi connectivity index (χ0n) is 17.7. The Morgan fingerprint density at radius 3 is 1.43 bits per heavy atom. The number of hydrogen-bond acceptors (Lipinski definition) is 12. The molecule has 0 aromatic carbocycles. The quantitative estimate of drug-likeness (QED) is 0.238. The summed E-state index contributed by atoms with van der Waals surface area (Å²) in [6.07, 6.45) is 1.87. The van der Waals surface area contributed by atoms with Gasteiger partial charge in [0.25, 0.3) is 0 Å². The fraction of sp³-hybridized carbons (Fsp3) is 0.889. The van der Waals surface area contributed by atoms with Crippen LogP contribution in [-0.2, 0) is 19.3 Å². The highest BCUT2D eigenvalue weighted by molar-refractivity contribution is 5.82. The summed E-state index contributed by atoms with van der Waals surface area (Å²) in [5.74, 6) is -2.07. The SMILES string of the molecule is CC(C)(CO)[C@]1(O)N[C@]2(CCCC[C@@]23NOC(=O)[C@](O)(C(C)(C)CO)N3)NOC1=O. The topological polar surface area (TPSA) is 182 Å². The Bertz CT molecular complexity index is 673. The molecule has 3 rings (SSSR count). The molecule has 0 radical (unpaired) electrons. The normalized spacial score (nSPS) is 40.4. The van der Waals surface area contributed by atoms with E-state index in [1.54, 1.807) is 0 Å². The molecule has 3 aliphatic rings. The maximum absolute atomic E-state index is 12.5. The molecule has 1 aliphatic carbocycles. The molecule has 0 bridgehead atoms. The van der Waals surface area contributed by atoms with Gasteiger partial charge in [0.15, 0.2) is 0 Å². The molecule has 0 amide bonds. The molecule has 0 unspecified atom stereocenters. The van der Waals surface area contributed by atoms with Gasteiger partial charge in [0.05, 0.1) is 13.2 Å². The van der Waals surface area contributed by atoms with E-state index in [1.165, 1.54) is 27.7 Å². The Kier molecular flexibility index (Phi) is 5.49. The lowest BCUT2D eigenvalue weighted by Crippen LogP contribution is -2.93. The first-order valence-electron chi connectivity index (χ1n) is 9.97. The molecule has 0 aromatic rings. The average molecular weight is 432 g/mol. The molecule has 2 aliphatic heterocycles. The number of hydrogen-bond donors (Lipinski definition) is 8. The molecular formula is C18H32N4O8. The van der Waals surface area contributed by atoms with Crippen LogP contribution < -0.4 is 21.6 Å². The molecule has 30 heavy (non-hydrogen) atoms. The Hall–Kier alpha value is -1.38. The molecule has 0 aromatic heterocycles. The fourth-order valence-electron chi connectivity index (χ4n) is 4.13. The summed E-state index contributed by atoms with van der Waals surface area (Å²) >= 11 is 0. The van der Waals surface area contributed by atoms with Gasteiger partial charge in [-0.2, -0.15) is 0 Å². The molecule has 12 nitrogen and oxygen atoms in total. The number of aliphatic hydroxyl groups is 4. The zero-order chi connectivity index (χ0) is 22.6. The standard InChI is InChI=1S/C18H32N4O8/c1-13(2,9-23)17(27)11(25)29-21-15(19-17)7-5-6-8-16(15)20-18(28,12(26)30-22-16)14(3,4)10-24/h19-24,27-28H,5-10H2,1-4H3/t15-,16-,17+,18+/m1/s1. The number of fused-ring (bicyclic) bond motifs is 1. The van der Waals surface area contributed by atoms with E-state index in [4.69, 9.17) is 9.68 Å². The summed E-state index contributed by atoms with van der Waals surface area (Å²) in [6, 6.07) is 0. The van der Waals surface area contributed by atoms with Gasteiger partial charge in [0, 0.05) is 10.8 Å². The smallest absolute Gasteiger partial charge is 0.373 e. The van der Waals surface area contributed by atoms with E-state index in [0.29, 0.717) is 12.8 Å². The number of rotatable bonds is 4. The summed E-state index contributed by atoms with van der Waals surface area (Å²) in [4.78, 5) is 35.3. The Labute approximate surface area is 174 Å². The lowest BCUT2D eigenvalue weighted by molar-refractivity contribution is -0.283. The molecule has 4 atom stereocenters. The van der Waals surface area contributed by atoms with E-state index >= 15 is 0 Å². The number of hydroxylamine groups is 2. The third kappa shape index (κ3) is 2.98. The van der Waals surface area contributed by atoms with E-state index in [-0.39, 0.29) is 12.8 Å². The van der Waals surface area contributed by atoms with E-state index in [9.17, 15) is 30.0 Å². The van der Waals surface area contributed by atoms with Crippen molar-refractivity contribution in [2.75, 3.05) is 13.2 Å². The number of nitrogens with one attached hydrogen (secondary N) is 4. The first-order chi connectivity index (χ1) is 13.7. The predicted octanol–water partition coefficient (Wildman–Crippen LogP) is -2.33. The zero-order valence-corrected chi connectivity index (χ0v) is 17.7. The van der Waals surface area contributed by atoms with Crippen LogP contribution in [0.25, 0.3) is 0 Å². The number of carbonyl (C=O) groups is 2. The van der Waals surface area contributed by atoms with E-state index < -0.39 is 58.8 Å². The molecular weight excluding hydrogens is 400 g/mol. The molecule has 2 heterocycles. The minimum atomic E-state index is -2.30. The summed E-state index contributed by atoms with van der Waals surface area (Å²) < 4.78 is 0. The van der Waals surface area contributed by atoms with Crippen molar-refractivity contribution in [2.45, 2.75) is 76.2 Å². The van der Waals surface area contributed by atoms with Crippen LogP contribution in [0, 0.1) is 10.8 Å². The summed E-state index contributed by atoms with van der Waals surface area (Å²) in [7, 11) is 0. The lowest BCUT2D eigenvalue weighted by atomic mass is 9.71. The van der Waals surface area contributed by atoms with Gasteiger partial charge in [-0.05, 0) is 25.7 Å². The molecule has 172 valence electrons. The molecule has 1 saturated carbocycles. The van der Waals surface area contributed by atoms with E-state index in [0.717, 1.165) is 0 Å². The summed E-state index contributed by atoms with van der Waals surface area (Å²) in [6.45, 7) is 4.88. The predicted molar refractivity (Wildman–Crippen MR) is 100 cm³/mol. The van der Waals surface area contributed by atoms with Gasteiger partial charge >= 0.3 is 11.9 Å². The van der Waals surface area contributed by atoms with Crippen LogP contribution in [0.3, 0.4) is 0 Å². The van der Waals surface area contributed by atoms with Crippen LogP contribution in [-0.4, -0.2) is 68.4 Å². The third-order valence-electron chi connectivity index (χ3n) is 6.85. The third-order valence-corrected chi connectivity index (χ3v) is 6.85. The van der Waals surface area contributed by atoms with Crippen LogP contribution in [0.5, 0.6) is 0 Å². The molecule has 12 heteroatoms. The second-order valence-corrected chi connectivity index (χ2v) is 9.76. The first kappa shape index (κ1) is 23.3. The maximum atomic E-state index is 12.5. The molecule has 2 saturated heterocycles. The highest BCUT2D eigenvalue weighted by Crippen LogP contribution is 2.45. The average Bonchev–Trinajstić information content (AvgIpc) is 2.70. The first-order valence-corrected chi connectivity index (χ1v) is 9.97. The van der Waals surface area contributed by atoms with Crippen LogP contribution in [0.2, 0.25) is 0 Å². The van der Waals surface area contributed by atoms with E-state index in [1.807, 2.05) is 0 Å². The number of aliphatic hydroxyl groups excluding tert-OH is 2.